The molecule has 0 spiro atoms. The number of hydrogen-bond acceptors (Lipinski definition) is 8. The number of para-hydroxylation sites is 1. The summed E-state index contributed by atoms with van der Waals surface area (Å²) in [4.78, 5) is 34.4. The van der Waals surface area contributed by atoms with Gasteiger partial charge in [0.15, 0.2) is 0 Å². The number of nitrogens with zero attached hydrogens (tertiary/aromatic N) is 4. The molecule has 2 atom stereocenters. The monoisotopic (exact) mass is 792 g/mol. The number of aliphatic hydroxyl groups is 1. The van der Waals surface area contributed by atoms with E-state index in [1.54, 1.807) is 45.0 Å². The zero-order valence-corrected chi connectivity index (χ0v) is 31.4. The molecule has 2 saturated heterocycles. The van der Waals surface area contributed by atoms with Crippen LogP contribution < -0.4 is 9.47 Å². The van der Waals surface area contributed by atoms with Gasteiger partial charge in [0.1, 0.15) is 28.7 Å². The van der Waals surface area contributed by atoms with Gasteiger partial charge in [-0.05, 0) is 57.7 Å². The topological polar surface area (TPSA) is 116 Å². The van der Waals surface area contributed by atoms with E-state index in [1.165, 1.54) is 4.90 Å². The van der Waals surface area contributed by atoms with Crippen LogP contribution in [0, 0.1) is 16.7 Å². The van der Waals surface area contributed by atoms with Crippen LogP contribution in [0.1, 0.15) is 85.8 Å². The van der Waals surface area contributed by atoms with Gasteiger partial charge in [0.2, 0.25) is 5.60 Å². The van der Waals surface area contributed by atoms with E-state index < -0.39 is 62.8 Å². The third kappa shape index (κ3) is 8.41. The molecule has 0 saturated carbocycles. The van der Waals surface area contributed by atoms with Crippen molar-refractivity contribution in [3.05, 3.63) is 88.1 Å². The third-order valence-corrected chi connectivity index (χ3v) is 11.4. The van der Waals surface area contributed by atoms with Gasteiger partial charge in [-0.1, -0.05) is 38.1 Å². The lowest BCUT2D eigenvalue weighted by Crippen LogP contribution is -2.68. The van der Waals surface area contributed by atoms with Gasteiger partial charge in [-0.25, -0.2) is 0 Å². The maximum atomic E-state index is 15.0. The van der Waals surface area contributed by atoms with Crippen molar-refractivity contribution in [3.63, 3.8) is 0 Å². The molecule has 2 aliphatic rings. The summed E-state index contributed by atoms with van der Waals surface area (Å²) in [5, 5.41) is 21.7. The largest absolute Gasteiger partial charge is 0.512 e. The Kier molecular flexibility index (Phi) is 11.9. The summed E-state index contributed by atoms with van der Waals surface area (Å²) in [6.45, 7) is 8.87. The molecule has 16 heteroatoms. The molecule has 296 valence electrons. The van der Waals surface area contributed by atoms with E-state index in [9.17, 15) is 46.3 Å². The Morgan fingerprint density at radius 1 is 1.05 bits per heavy atom. The van der Waals surface area contributed by atoms with Crippen LogP contribution in [0.25, 0.3) is 0 Å². The number of piperidine rings is 2. The van der Waals surface area contributed by atoms with Crippen LogP contribution >= 0.6 is 11.3 Å². The number of thiophene rings is 1. The minimum atomic E-state index is -4.92. The molecule has 5 rings (SSSR count). The fraction of sp³-hybridized carbons (Fsp3) is 0.487. The second-order valence-electron chi connectivity index (χ2n) is 14.5. The number of amides is 2. The fourth-order valence-electron chi connectivity index (χ4n) is 7.21. The van der Waals surface area contributed by atoms with Crippen LogP contribution in [0.4, 0.5) is 26.3 Å². The van der Waals surface area contributed by atoms with Crippen LogP contribution in [0.5, 0.6) is 11.5 Å². The van der Waals surface area contributed by atoms with Gasteiger partial charge in [0.25, 0.3) is 11.8 Å². The van der Waals surface area contributed by atoms with E-state index in [0.29, 0.717) is 29.1 Å². The fourth-order valence-corrected chi connectivity index (χ4v) is 7.88. The van der Waals surface area contributed by atoms with E-state index in [2.05, 4.69) is 17.6 Å². The minimum Gasteiger partial charge on any atom is -0.512 e. The number of benzene rings is 1. The number of aliphatic hydroxyl groups excluding tert-OH is 1. The molecule has 2 aromatic heterocycles. The molecule has 0 bridgehead atoms. The Morgan fingerprint density at radius 2 is 1.75 bits per heavy atom. The number of rotatable bonds is 11. The Labute approximate surface area is 319 Å². The van der Waals surface area contributed by atoms with E-state index in [1.807, 2.05) is 0 Å². The number of alkyl halides is 6. The number of halogens is 6. The molecule has 3 aromatic rings. The SMILES string of the molecule is C=C(O)C(C)(C)COc1ccccc1C1(C#N)CCN(C(=O)[C@]2(Oc3csc(C(F)(F)F)c3)CCCN(C(=O)c3ncccc3C(F)(F)F)[C@@H]2CCC)CC1. The maximum absolute atomic E-state index is 15.0. The van der Waals surface area contributed by atoms with Crippen molar-refractivity contribution in [1.29, 1.82) is 5.26 Å². The molecule has 0 aliphatic carbocycles. The normalized spacial score (nSPS) is 20.4. The molecule has 55 heavy (non-hydrogen) atoms. The summed E-state index contributed by atoms with van der Waals surface area (Å²) in [5.74, 6) is -1.67. The second kappa shape index (κ2) is 15.8. The van der Waals surface area contributed by atoms with Gasteiger partial charge >= 0.3 is 12.4 Å². The Balaban J connectivity index is 1.52. The quantitative estimate of drug-likeness (QED) is 0.152. The number of hydrogen-bond donors (Lipinski definition) is 1. The predicted octanol–water partition coefficient (Wildman–Crippen LogP) is 8.96. The average molecular weight is 793 g/mol. The van der Waals surface area contributed by atoms with Gasteiger partial charge in [-0.15, -0.1) is 11.3 Å². The molecule has 9 nitrogen and oxygen atoms in total. The van der Waals surface area contributed by atoms with Crippen molar-refractivity contribution in [2.24, 2.45) is 5.41 Å². The highest BCUT2D eigenvalue weighted by molar-refractivity contribution is 7.10. The summed E-state index contributed by atoms with van der Waals surface area (Å²) in [5.41, 5.74) is -5.46. The first-order valence-corrected chi connectivity index (χ1v) is 18.7. The highest BCUT2D eigenvalue weighted by Crippen LogP contribution is 2.45. The minimum absolute atomic E-state index is 0.00741. The lowest BCUT2D eigenvalue weighted by atomic mass is 9.72. The Morgan fingerprint density at radius 3 is 2.35 bits per heavy atom. The molecule has 2 fully saturated rings. The first kappa shape index (κ1) is 41.4. The summed E-state index contributed by atoms with van der Waals surface area (Å²) >= 11 is 0.366. The van der Waals surface area contributed by atoms with E-state index >= 15 is 0 Å². The van der Waals surface area contributed by atoms with Crippen LogP contribution in [0.2, 0.25) is 0 Å². The highest BCUT2D eigenvalue weighted by Gasteiger charge is 2.57. The van der Waals surface area contributed by atoms with Gasteiger partial charge in [0, 0.05) is 49.3 Å². The molecular weight excluding hydrogens is 751 g/mol. The number of likely N-dealkylation sites (tertiary alicyclic amines) is 2. The molecule has 2 aliphatic heterocycles. The second-order valence-corrected chi connectivity index (χ2v) is 15.5. The lowest BCUT2D eigenvalue weighted by Gasteiger charge is -2.51. The van der Waals surface area contributed by atoms with Gasteiger partial charge in [-0.2, -0.15) is 31.6 Å². The third-order valence-electron chi connectivity index (χ3n) is 10.4. The smallest absolute Gasteiger partial charge is 0.425 e. The van der Waals surface area contributed by atoms with Crippen molar-refractivity contribution < 1.29 is 50.5 Å². The molecule has 1 aromatic carbocycles. The molecule has 4 heterocycles. The Hall–Kier alpha value is -4.78. The standard InChI is InChI=1S/C39H42F6N4O5S/c1-5-10-30-37(54-26-21-31(55-22-26)39(43,44)45,14-9-18-49(30)33(51)32-28(38(40,41)42)12-8-17-47-32)34(52)48-19-15-36(23-46,16-20-48)27-11-6-7-13-29(27)53-24-35(3,4)25(2)50/h6-8,11-13,17,21-22,30,50H,2,5,9-10,14-16,18-20,24H2,1,3-4H3/t30-,37+/m1/s1. The first-order chi connectivity index (χ1) is 25.8. The predicted molar refractivity (Wildman–Crippen MR) is 191 cm³/mol. The zero-order chi connectivity index (χ0) is 40.4. The molecule has 0 radical (unpaired) electrons. The van der Waals surface area contributed by atoms with Gasteiger partial charge < -0.3 is 24.4 Å². The highest BCUT2D eigenvalue weighted by atomic mass is 32.1. The van der Waals surface area contributed by atoms with Crippen molar-refractivity contribution in [1.82, 2.24) is 14.8 Å². The van der Waals surface area contributed by atoms with Crippen LogP contribution in [0.15, 0.2) is 66.4 Å². The average Bonchev–Trinajstić information content (AvgIpc) is 3.63. The molecular formula is C39H42F6N4O5S. The van der Waals surface area contributed by atoms with Crippen LogP contribution in [-0.2, 0) is 22.6 Å². The van der Waals surface area contributed by atoms with E-state index in [4.69, 9.17) is 9.47 Å². The number of carbonyl (C=O) groups excluding carboxylic acids is 2. The first-order valence-electron chi connectivity index (χ1n) is 17.8. The van der Waals surface area contributed by atoms with Crippen molar-refractivity contribution in [2.45, 2.75) is 88.7 Å². The maximum Gasteiger partial charge on any atom is 0.425 e. The van der Waals surface area contributed by atoms with E-state index in [-0.39, 0.29) is 69.9 Å². The summed E-state index contributed by atoms with van der Waals surface area (Å²) < 4.78 is 95.8. The van der Waals surface area contributed by atoms with Crippen molar-refractivity contribution in [3.8, 4) is 17.6 Å². The van der Waals surface area contributed by atoms with Crippen LogP contribution in [0.3, 0.4) is 0 Å². The number of carbonyl (C=O) groups is 2. The number of pyridine rings is 1. The number of nitriles is 1. The Bertz CT molecular complexity index is 1930. The van der Waals surface area contributed by atoms with Crippen molar-refractivity contribution >= 4 is 23.2 Å². The van der Waals surface area contributed by atoms with Gasteiger partial charge in [-0.3, -0.25) is 14.6 Å². The van der Waals surface area contributed by atoms with Gasteiger partial charge in [0.05, 0.1) is 34.3 Å². The molecule has 2 amide bonds. The van der Waals surface area contributed by atoms with E-state index in [0.717, 1.165) is 34.7 Å². The lowest BCUT2D eigenvalue weighted by molar-refractivity contribution is -0.160. The molecule has 1 N–H and O–H groups in total. The summed E-state index contributed by atoms with van der Waals surface area (Å²) in [6.07, 6.45) is -7.87. The van der Waals surface area contributed by atoms with Crippen molar-refractivity contribution in [2.75, 3.05) is 26.2 Å². The number of ether oxygens (including phenoxy) is 2. The number of aromatic nitrogens is 1. The summed E-state index contributed by atoms with van der Waals surface area (Å²) in [7, 11) is 0. The van der Waals surface area contributed by atoms with Crippen LogP contribution in [-0.4, -0.2) is 69.6 Å². The molecule has 0 unspecified atom stereocenters. The zero-order valence-electron chi connectivity index (χ0n) is 30.6. The summed E-state index contributed by atoms with van der Waals surface area (Å²) in [6, 6.07) is 10.7.